The average Bonchev–Trinajstić information content (AvgIpc) is 2.45. The molecule has 0 bridgehead atoms. The van der Waals surface area contributed by atoms with Crippen molar-refractivity contribution in [3.8, 4) is 0 Å². The third-order valence-electron chi connectivity index (χ3n) is 2.92. The molecule has 2 rings (SSSR count). The molecule has 14 heavy (non-hydrogen) atoms. The number of nitrogens with one attached hydrogen (secondary N) is 1. The highest BCUT2D eigenvalue weighted by Crippen LogP contribution is 2.39. The Morgan fingerprint density at radius 3 is 3.00 bits per heavy atom. The van der Waals surface area contributed by atoms with Gasteiger partial charge in [-0.2, -0.15) is 5.10 Å². The van der Waals surface area contributed by atoms with Crippen LogP contribution in [0.15, 0.2) is 0 Å². The Labute approximate surface area is 83.5 Å². The number of aliphatic hydroxyl groups is 1. The Morgan fingerprint density at radius 2 is 2.36 bits per heavy atom. The van der Waals surface area contributed by atoms with E-state index >= 15 is 0 Å². The highest BCUT2D eigenvalue weighted by Gasteiger charge is 2.33. The summed E-state index contributed by atoms with van der Waals surface area (Å²) >= 11 is 0. The largest absolute Gasteiger partial charge is 0.390 e. The quantitative estimate of drug-likeness (QED) is 0.622. The maximum atomic E-state index is 9.13. The zero-order valence-electron chi connectivity index (χ0n) is 8.67. The second-order valence-corrected chi connectivity index (χ2v) is 4.88. The molecule has 1 unspecified atom stereocenters. The van der Waals surface area contributed by atoms with Gasteiger partial charge in [-0.3, -0.25) is 5.10 Å². The molecule has 1 heterocycles. The van der Waals surface area contributed by atoms with Crippen LogP contribution in [0.3, 0.4) is 0 Å². The molecule has 4 heteroatoms. The summed E-state index contributed by atoms with van der Waals surface area (Å²) in [5, 5.41) is 16.1. The van der Waals surface area contributed by atoms with Gasteiger partial charge in [0.2, 0.25) is 0 Å². The van der Waals surface area contributed by atoms with Gasteiger partial charge in [-0.15, -0.1) is 0 Å². The molecule has 0 saturated heterocycles. The maximum Gasteiger partial charge on any atom is 0.0850 e. The van der Waals surface area contributed by atoms with E-state index in [1.165, 1.54) is 0 Å². The lowest BCUT2D eigenvalue weighted by Gasteiger charge is -2.32. The first-order chi connectivity index (χ1) is 6.53. The van der Waals surface area contributed by atoms with Gasteiger partial charge in [0.1, 0.15) is 0 Å². The topological polar surface area (TPSA) is 74.9 Å². The van der Waals surface area contributed by atoms with Gasteiger partial charge in [-0.1, -0.05) is 13.8 Å². The molecule has 1 atom stereocenters. The fourth-order valence-corrected chi connectivity index (χ4v) is 2.29. The molecule has 1 aliphatic carbocycles. The second kappa shape index (κ2) is 3.07. The number of H-pyrrole nitrogens is 1. The summed E-state index contributed by atoms with van der Waals surface area (Å²) in [6, 6.07) is 0.00491. The molecule has 0 amide bonds. The van der Waals surface area contributed by atoms with Crippen molar-refractivity contribution in [3.05, 3.63) is 17.0 Å². The van der Waals surface area contributed by atoms with Crippen LogP contribution in [0.4, 0.5) is 0 Å². The van der Waals surface area contributed by atoms with Gasteiger partial charge in [-0.05, 0) is 18.3 Å². The van der Waals surface area contributed by atoms with Crippen LogP contribution >= 0.6 is 0 Å². The molecular weight excluding hydrogens is 178 g/mol. The zero-order chi connectivity index (χ0) is 10.3. The van der Waals surface area contributed by atoms with Crippen molar-refractivity contribution in [1.82, 2.24) is 10.2 Å². The van der Waals surface area contributed by atoms with Gasteiger partial charge in [0.15, 0.2) is 0 Å². The lowest BCUT2D eigenvalue weighted by molar-refractivity contribution is 0.262. The molecule has 78 valence electrons. The van der Waals surface area contributed by atoms with Crippen LogP contribution in [0.25, 0.3) is 0 Å². The van der Waals surface area contributed by atoms with E-state index in [0.29, 0.717) is 0 Å². The Morgan fingerprint density at radius 1 is 1.64 bits per heavy atom. The Bertz CT molecular complexity index is 343. The van der Waals surface area contributed by atoms with E-state index < -0.39 is 0 Å². The van der Waals surface area contributed by atoms with E-state index in [9.17, 15) is 0 Å². The molecule has 0 fully saturated rings. The number of rotatable bonds is 1. The predicted molar refractivity (Wildman–Crippen MR) is 53.5 cm³/mol. The third kappa shape index (κ3) is 1.44. The lowest BCUT2D eigenvalue weighted by Crippen LogP contribution is -2.29. The second-order valence-electron chi connectivity index (χ2n) is 4.88. The van der Waals surface area contributed by atoms with Crippen molar-refractivity contribution in [1.29, 1.82) is 0 Å². The van der Waals surface area contributed by atoms with Gasteiger partial charge < -0.3 is 10.8 Å². The summed E-state index contributed by atoms with van der Waals surface area (Å²) in [6.07, 6.45) is 1.90. The van der Waals surface area contributed by atoms with Gasteiger partial charge in [0.05, 0.1) is 18.0 Å². The first-order valence-electron chi connectivity index (χ1n) is 4.96. The smallest absolute Gasteiger partial charge is 0.0850 e. The normalized spacial score (nSPS) is 24.7. The standard InChI is InChI=1S/C10H17N3O/c1-10(2)3-6-8(5-14)12-13-9(6)7(11)4-10/h7,14H,3-5,11H2,1-2H3,(H,12,13). The fraction of sp³-hybridized carbons (Fsp3) is 0.700. The van der Waals surface area contributed by atoms with E-state index in [4.69, 9.17) is 10.8 Å². The van der Waals surface area contributed by atoms with E-state index in [1.54, 1.807) is 0 Å². The van der Waals surface area contributed by atoms with Crippen LogP contribution in [0.1, 0.15) is 43.3 Å². The summed E-state index contributed by atoms with van der Waals surface area (Å²) in [5.74, 6) is 0. The number of hydrogen-bond acceptors (Lipinski definition) is 3. The highest BCUT2D eigenvalue weighted by atomic mass is 16.3. The van der Waals surface area contributed by atoms with Gasteiger partial charge >= 0.3 is 0 Å². The van der Waals surface area contributed by atoms with Crippen LogP contribution in [0.2, 0.25) is 0 Å². The molecule has 0 saturated carbocycles. The molecule has 4 N–H and O–H groups in total. The van der Waals surface area contributed by atoms with Crippen molar-refractivity contribution in [2.45, 2.75) is 39.3 Å². The number of aliphatic hydroxyl groups excluding tert-OH is 1. The van der Waals surface area contributed by atoms with Crippen molar-refractivity contribution in [2.75, 3.05) is 0 Å². The maximum absolute atomic E-state index is 9.13. The first kappa shape index (κ1) is 9.68. The van der Waals surface area contributed by atoms with Gasteiger partial charge in [-0.25, -0.2) is 0 Å². The number of nitrogens with two attached hydrogens (primary N) is 1. The number of aromatic amines is 1. The van der Waals surface area contributed by atoms with E-state index in [2.05, 4.69) is 24.0 Å². The minimum absolute atomic E-state index is 0.00491. The summed E-state index contributed by atoms with van der Waals surface area (Å²) in [5.41, 5.74) is 9.12. The monoisotopic (exact) mass is 195 g/mol. The van der Waals surface area contributed by atoms with Crippen molar-refractivity contribution in [3.63, 3.8) is 0 Å². The molecule has 0 aromatic carbocycles. The molecule has 0 aliphatic heterocycles. The summed E-state index contributed by atoms with van der Waals surface area (Å²) < 4.78 is 0. The number of hydrogen-bond donors (Lipinski definition) is 3. The SMILES string of the molecule is CC1(C)Cc2c(n[nH]c2CO)C(N)C1. The van der Waals surface area contributed by atoms with Crippen LogP contribution in [-0.2, 0) is 13.0 Å². The average molecular weight is 195 g/mol. The van der Waals surface area contributed by atoms with Gasteiger partial charge in [0.25, 0.3) is 0 Å². The van der Waals surface area contributed by atoms with Gasteiger partial charge in [0, 0.05) is 11.6 Å². The first-order valence-corrected chi connectivity index (χ1v) is 4.96. The summed E-state index contributed by atoms with van der Waals surface area (Å²) in [4.78, 5) is 0. The minimum atomic E-state index is 0.00491. The molecule has 1 aliphatic rings. The minimum Gasteiger partial charge on any atom is -0.390 e. The molecule has 0 spiro atoms. The molecule has 4 nitrogen and oxygen atoms in total. The van der Waals surface area contributed by atoms with E-state index in [-0.39, 0.29) is 18.1 Å². The number of aromatic nitrogens is 2. The molecule has 1 aromatic heterocycles. The van der Waals surface area contributed by atoms with Crippen molar-refractivity contribution in [2.24, 2.45) is 11.1 Å². The van der Waals surface area contributed by atoms with Crippen LogP contribution in [0.5, 0.6) is 0 Å². The van der Waals surface area contributed by atoms with E-state index in [1.807, 2.05) is 0 Å². The van der Waals surface area contributed by atoms with Crippen LogP contribution < -0.4 is 5.73 Å². The molecular formula is C10H17N3O. The molecule has 1 aromatic rings. The van der Waals surface area contributed by atoms with Crippen molar-refractivity contribution < 1.29 is 5.11 Å². The molecule has 0 radical (unpaired) electrons. The number of fused-ring (bicyclic) bond motifs is 1. The fourth-order valence-electron chi connectivity index (χ4n) is 2.29. The Hall–Kier alpha value is -0.870. The van der Waals surface area contributed by atoms with E-state index in [0.717, 1.165) is 29.8 Å². The third-order valence-corrected chi connectivity index (χ3v) is 2.92. The summed E-state index contributed by atoms with van der Waals surface area (Å²) in [6.45, 7) is 4.42. The Kier molecular flexibility index (Phi) is 2.12. The zero-order valence-corrected chi connectivity index (χ0v) is 8.67. The van der Waals surface area contributed by atoms with Crippen LogP contribution in [0, 0.1) is 5.41 Å². The highest BCUT2D eigenvalue weighted by molar-refractivity contribution is 5.31. The van der Waals surface area contributed by atoms with Crippen LogP contribution in [-0.4, -0.2) is 15.3 Å². The number of nitrogens with zero attached hydrogens (tertiary/aromatic N) is 1. The lowest BCUT2D eigenvalue weighted by atomic mass is 9.74. The summed E-state index contributed by atoms with van der Waals surface area (Å²) in [7, 11) is 0. The predicted octanol–water partition coefficient (Wildman–Crippen LogP) is 0.874. The Balaban J connectivity index is 2.43. The van der Waals surface area contributed by atoms with Crippen molar-refractivity contribution >= 4 is 0 Å².